The van der Waals surface area contributed by atoms with Gasteiger partial charge in [-0.3, -0.25) is 14.4 Å². The molecule has 0 radical (unpaired) electrons. The molecule has 0 heterocycles. The van der Waals surface area contributed by atoms with Crippen LogP contribution in [-0.4, -0.2) is 88.3 Å². The molecule has 9 atom stereocenters. The lowest BCUT2D eigenvalue weighted by Gasteiger charge is -2.59. The van der Waals surface area contributed by atoms with Crippen LogP contribution < -0.4 is 0 Å². The average Bonchev–Trinajstić information content (AvgIpc) is 1.46. The SMILES string of the molecule is CC1CC(OC(=O)C2(C)C3CC4CC(C3)CC2C4)C(F)(F)C(F)(C(C)(F)F)C1.CCC1CC(C(=O)OC2(C)C3CC4CC(C3)CC2C4)C(F)(F)C1(F)C(C)(F)F.CCC1CC(OC(=O)C2(C)C3CC4CC(C3)CC2C4)C(F)(F)C(C)(F)C1(F)F. The summed E-state index contributed by atoms with van der Waals surface area (Å²) in [5, 5.41) is 0. The van der Waals surface area contributed by atoms with Gasteiger partial charge in [-0.05, 0) is 239 Å². The maximum Gasteiger partial charge on any atom is 0.323 e. The van der Waals surface area contributed by atoms with Crippen LogP contribution in [0.2, 0.25) is 0 Å². The van der Waals surface area contributed by atoms with Crippen molar-refractivity contribution >= 4 is 17.9 Å². The summed E-state index contributed by atoms with van der Waals surface area (Å²) in [6, 6.07) is 0. The largest absolute Gasteiger partial charge is 0.458 e. The highest BCUT2D eigenvalue weighted by atomic mass is 19.3. The minimum atomic E-state index is -4.47. The topological polar surface area (TPSA) is 78.9 Å². The zero-order valence-corrected chi connectivity index (χ0v) is 49.9. The summed E-state index contributed by atoms with van der Waals surface area (Å²) < 4.78 is 234. The number of alkyl halides is 15. The minimum absolute atomic E-state index is 0.0774. The van der Waals surface area contributed by atoms with E-state index in [0.717, 1.165) is 77.0 Å². The number of ether oxygens (including phenoxy) is 3. The third-order valence-corrected chi connectivity index (χ3v) is 25.6. The van der Waals surface area contributed by atoms with Gasteiger partial charge in [-0.25, -0.2) is 48.3 Å². The molecule has 15 aliphatic rings. The zero-order chi connectivity index (χ0) is 62.1. The summed E-state index contributed by atoms with van der Waals surface area (Å²) in [4.78, 5) is 39.0. The standard InChI is InChI=1S/3C21H29F5O2/c1-11-4-16(21(25,26)20(24,10-11)19(3,22)23)28-17(27)18(2)14-6-12-5-13(8-14)9-15(18)7-12;1-4-13-10-16(21(25,26)19(3,22)20(13,23)24)28-17(27)18(2)14-6-11-5-12(8-14)9-15(18)7-11;1-4-13-10-16(21(25,26)20(13,24)19(3,22)23)17(27)28-18(2)14-6-11-5-12(8-14)9-15(18)7-11/h3*11-16H,4-10H2,1-3H3. The van der Waals surface area contributed by atoms with Crippen LogP contribution in [-0.2, 0) is 28.6 Å². The van der Waals surface area contributed by atoms with Crippen LogP contribution in [0.15, 0.2) is 0 Å². The van der Waals surface area contributed by atoms with Crippen molar-refractivity contribution in [2.45, 2.75) is 268 Å². The van der Waals surface area contributed by atoms with Gasteiger partial charge in [0.25, 0.3) is 17.8 Å². The van der Waals surface area contributed by atoms with Gasteiger partial charge in [0, 0.05) is 25.7 Å². The molecule has 15 rings (SSSR count). The third kappa shape index (κ3) is 9.43. The lowest BCUT2D eigenvalue weighted by atomic mass is 9.46. The first kappa shape index (κ1) is 64.3. The van der Waals surface area contributed by atoms with Gasteiger partial charge < -0.3 is 14.2 Å². The Morgan fingerprint density at radius 1 is 0.440 bits per heavy atom. The van der Waals surface area contributed by atoms with Crippen LogP contribution >= 0.6 is 0 Å². The van der Waals surface area contributed by atoms with E-state index >= 15 is 4.39 Å². The molecular formula is C63H87F15O6. The van der Waals surface area contributed by atoms with E-state index in [4.69, 9.17) is 14.2 Å². The molecule has 0 aromatic carbocycles. The number of carbonyl (C=O) groups is 3. The number of carbonyl (C=O) groups excluding carboxylic acids is 3. The van der Waals surface area contributed by atoms with Gasteiger partial charge in [0.15, 0.2) is 12.2 Å². The van der Waals surface area contributed by atoms with Crippen molar-refractivity contribution in [2.75, 3.05) is 0 Å². The van der Waals surface area contributed by atoms with Crippen molar-refractivity contribution < 1.29 is 94.5 Å². The average molecular weight is 1230 g/mol. The number of esters is 3. The van der Waals surface area contributed by atoms with Gasteiger partial charge >= 0.3 is 35.7 Å². The normalized spacial score (nSPS) is 50.1. The molecule has 15 fully saturated rings. The van der Waals surface area contributed by atoms with Crippen molar-refractivity contribution in [2.24, 2.45) is 106 Å². The first-order valence-electron chi connectivity index (χ1n) is 31.5. The molecule has 0 spiro atoms. The van der Waals surface area contributed by atoms with Crippen molar-refractivity contribution in [1.29, 1.82) is 0 Å². The Balaban J connectivity index is 0.000000140. The first-order valence-corrected chi connectivity index (χ1v) is 31.5. The fourth-order valence-electron chi connectivity index (χ4n) is 20.6. The molecule has 21 heteroatoms. The minimum Gasteiger partial charge on any atom is -0.458 e. The number of hydrogen-bond donors (Lipinski definition) is 0. The molecule has 0 saturated heterocycles. The number of halogens is 15. The summed E-state index contributed by atoms with van der Waals surface area (Å²) in [5.41, 5.74) is -14.7. The number of hydrogen-bond acceptors (Lipinski definition) is 6. The van der Waals surface area contributed by atoms with E-state index in [2.05, 4.69) is 0 Å². The smallest absolute Gasteiger partial charge is 0.323 e. The Kier molecular flexibility index (Phi) is 15.9. The molecule has 0 N–H and O–H groups in total. The van der Waals surface area contributed by atoms with E-state index in [9.17, 15) is 75.8 Å². The molecule has 0 aromatic rings. The van der Waals surface area contributed by atoms with Crippen molar-refractivity contribution in [3.05, 3.63) is 0 Å². The maximum atomic E-state index is 15.1. The lowest BCUT2D eigenvalue weighted by molar-refractivity contribution is -0.322. The zero-order valence-electron chi connectivity index (χ0n) is 49.9. The van der Waals surface area contributed by atoms with E-state index < -0.39 is 142 Å². The van der Waals surface area contributed by atoms with Crippen LogP contribution in [0.4, 0.5) is 65.9 Å². The molecule has 84 heavy (non-hydrogen) atoms. The highest BCUT2D eigenvalue weighted by Gasteiger charge is 2.80. The van der Waals surface area contributed by atoms with Crippen LogP contribution in [0, 0.1) is 106 Å². The first-order chi connectivity index (χ1) is 38.5. The molecule has 15 saturated carbocycles. The molecule has 9 unspecified atom stereocenters. The highest BCUT2D eigenvalue weighted by molar-refractivity contribution is 5.79. The highest BCUT2D eigenvalue weighted by Crippen LogP contribution is 2.67. The van der Waals surface area contributed by atoms with Gasteiger partial charge in [0.1, 0.15) is 11.5 Å². The Bertz CT molecular complexity index is 2360. The summed E-state index contributed by atoms with van der Waals surface area (Å²) in [7, 11) is 0. The Morgan fingerprint density at radius 2 is 0.798 bits per heavy atom. The molecule has 0 aromatic heterocycles. The Hall–Kier alpha value is -2.64. The van der Waals surface area contributed by atoms with Crippen molar-refractivity contribution in [1.82, 2.24) is 0 Å². The predicted octanol–water partition coefficient (Wildman–Crippen LogP) is 17.4. The molecule has 0 aliphatic heterocycles. The van der Waals surface area contributed by atoms with E-state index in [-0.39, 0.29) is 75.5 Å². The summed E-state index contributed by atoms with van der Waals surface area (Å²) in [5.74, 6) is -30.7. The van der Waals surface area contributed by atoms with E-state index in [1.807, 2.05) is 0 Å². The second kappa shape index (κ2) is 20.7. The molecule has 6 nitrogen and oxygen atoms in total. The third-order valence-electron chi connectivity index (χ3n) is 25.6. The van der Waals surface area contributed by atoms with Crippen LogP contribution in [0.1, 0.15) is 197 Å². The quantitative estimate of drug-likeness (QED) is 0.123. The van der Waals surface area contributed by atoms with Crippen molar-refractivity contribution in [3.8, 4) is 0 Å². The molecule has 0 amide bonds. The Labute approximate surface area is 484 Å². The predicted molar refractivity (Wildman–Crippen MR) is 279 cm³/mol. The molecule has 480 valence electrons. The fourth-order valence-corrected chi connectivity index (χ4v) is 20.6. The fraction of sp³-hybridized carbons (Fsp3) is 0.952. The molecule has 15 aliphatic carbocycles. The van der Waals surface area contributed by atoms with E-state index in [1.165, 1.54) is 40.0 Å². The van der Waals surface area contributed by atoms with Crippen molar-refractivity contribution in [3.63, 3.8) is 0 Å². The summed E-state index contributed by atoms with van der Waals surface area (Å²) in [6.45, 7) is 10.2. The van der Waals surface area contributed by atoms with E-state index in [0.29, 0.717) is 35.5 Å². The van der Waals surface area contributed by atoms with Crippen LogP contribution in [0.3, 0.4) is 0 Å². The monoisotopic (exact) mass is 1220 g/mol. The number of rotatable bonds is 10. The van der Waals surface area contributed by atoms with Gasteiger partial charge in [0.05, 0.1) is 10.8 Å². The van der Waals surface area contributed by atoms with Gasteiger partial charge in [-0.15, -0.1) is 0 Å². The van der Waals surface area contributed by atoms with Crippen LogP contribution in [0.25, 0.3) is 0 Å². The molecular weight excluding hydrogens is 1140 g/mol. The second-order valence-electron chi connectivity index (χ2n) is 30.4. The second-order valence-corrected chi connectivity index (χ2v) is 30.4. The molecule has 12 bridgehead atoms. The van der Waals surface area contributed by atoms with Gasteiger partial charge in [-0.2, -0.15) is 17.6 Å². The summed E-state index contributed by atoms with van der Waals surface area (Å²) in [6.07, 6.45) is 6.99. The summed E-state index contributed by atoms with van der Waals surface area (Å²) >= 11 is 0. The maximum absolute atomic E-state index is 15.1. The van der Waals surface area contributed by atoms with Gasteiger partial charge in [0.2, 0.25) is 17.0 Å². The van der Waals surface area contributed by atoms with Gasteiger partial charge in [-0.1, -0.05) is 20.8 Å². The van der Waals surface area contributed by atoms with Crippen LogP contribution in [0.5, 0.6) is 0 Å². The lowest BCUT2D eigenvalue weighted by Crippen LogP contribution is -2.68. The van der Waals surface area contributed by atoms with E-state index in [1.54, 1.807) is 20.8 Å². The Morgan fingerprint density at radius 3 is 1.13 bits per heavy atom.